The van der Waals surface area contributed by atoms with Gasteiger partial charge in [-0.1, -0.05) is 6.07 Å². The molecule has 0 atom stereocenters. The molecular formula is C14H8FN3OS2. The van der Waals surface area contributed by atoms with Gasteiger partial charge in [0.2, 0.25) is 0 Å². The van der Waals surface area contributed by atoms with Gasteiger partial charge >= 0.3 is 0 Å². The lowest BCUT2D eigenvalue weighted by atomic mass is 10.3. The Morgan fingerprint density at radius 1 is 1.33 bits per heavy atom. The largest absolute Gasteiger partial charge is 0.321 e. The van der Waals surface area contributed by atoms with Crippen molar-refractivity contribution in [1.82, 2.24) is 9.38 Å². The molecule has 0 bridgehead atoms. The molecule has 4 rings (SSSR count). The number of halogens is 1. The van der Waals surface area contributed by atoms with E-state index < -0.39 is 0 Å². The van der Waals surface area contributed by atoms with Crippen molar-refractivity contribution in [1.29, 1.82) is 0 Å². The van der Waals surface area contributed by atoms with E-state index in [0.717, 1.165) is 15.3 Å². The van der Waals surface area contributed by atoms with Gasteiger partial charge in [-0.05, 0) is 24.3 Å². The second-order valence-electron chi connectivity index (χ2n) is 4.43. The van der Waals surface area contributed by atoms with Gasteiger partial charge in [0.15, 0.2) is 4.96 Å². The average molecular weight is 317 g/mol. The predicted molar refractivity (Wildman–Crippen MR) is 82.8 cm³/mol. The highest BCUT2D eigenvalue weighted by Gasteiger charge is 2.15. The first kappa shape index (κ1) is 12.5. The number of amides is 1. The number of rotatable bonds is 2. The number of carbonyl (C=O) groups excluding carboxylic acids is 1. The number of nitrogens with one attached hydrogen (secondary N) is 1. The number of thiophene rings is 1. The third kappa shape index (κ3) is 2.10. The highest BCUT2D eigenvalue weighted by atomic mass is 32.1. The second-order valence-corrected chi connectivity index (χ2v) is 6.34. The maximum absolute atomic E-state index is 13.1. The van der Waals surface area contributed by atoms with Crippen molar-refractivity contribution in [2.24, 2.45) is 0 Å². The maximum atomic E-state index is 13.1. The van der Waals surface area contributed by atoms with Crippen LogP contribution >= 0.6 is 22.7 Å². The van der Waals surface area contributed by atoms with Gasteiger partial charge in [0.1, 0.15) is 10.6 Å². The maximum Gasteiger partial charge on any atom is 0.265 e. The third-order valence-electron chi connectivity index (χ3n) is 3.05. The van der Waals surface area contributed by atoms with Crippen LogP contribution in [-0.2, 0) is 0 Å². The molecule has 0 radical (unpaired) electrons. The van der Waals surface area contributed by atoms with Gasteiger partial charge in [-0.2, -0.15) is 0 Å². The lowest BCUT2D eigenvalue weighted by molar-refractivity contribution is 0.103. The van der Waals surface area contributed by atoms with E-state index in [9.17, 15) is 9.18 Å². The van der Waals surface area contributed by atoms with Gasteiger partial charge in [0.05, 0.1) is 10.4 Å². The predicted octanol–water partition coefficient (Wildman–Crippen LogP) is 4.00. The summed E-state index contributed by atoms with van der Waals surface area (Å²) in [5.74, 6) is -0.637. The molecule has 0 spiro atoms. The van der Waals surface area contributed by atoms with Gasteiger partial charge < -0.3 is 5.32 Å². The molecule has 21 heavy (non-hydrogen) atoms. The Kier molecular flexibility index (Phi) is 2.76. The Balaban J connectivity index is 1.68. The van der Waals surface area contributed by atoms with E-state index in [0.29, 0.717) is 10.6 Å². The Morgan fingerprint density at radius 3 is 3.10 bits per heavy atom. The van der Waals surface area contributed by atoms with E-state index in [1.807, 2.05) is 16.0 Å². The van der Waals surface area contributed by atoms with Gasteiger partial charge in [0.25, 0.3) is 5.91 Å². The van der Waals surface area contributed by atoms with Crippen molar-refractivity contribution in [2.45, 2.75) is 0 Å². The summed E-state index contributed by atoms with van der Waals surface area (Å²) in [5.41, 5.74) is 1.36. The van der Waals surface area contributed by atoms with Crippen LogP contribution < -0.4 is 5.32 Å². The highest BCUT2D eigenvalue weighted by Crippen LogP contribution is 2.28. The van der Waals surface area contributed by atoms with Crippen molar-refractivity contribution >= 4 is 49.6 Å². The van der Waals surface area contributed by atoms with Gasteiger partial charge in [-0.3, -0.25) is 9.20 Å². The van der Waals surface area contributed by atoms with E-state index in [1.165, 1.54) is 23.5 Å². The molecule has 0 saturated carbocycles. The summed E-state index contributed by atoms with van der Waals surface area (Å²) in [7, 11) is 0. The minimum atomic E-state index is -0.380. The molecule has 1 amide bonds. The second kappa shape index (κ2) is 4.64. The number of anilines is 1. The van der Waals surface area contributed by atoms with E-state index in [-0.39, 0.29) is 11.7 Å². The number of hydrogen-bond acceptors (Lipinski definition) is 4. The fourth-order valence-corrected chi connectivity index (χ4v) is 3.81. The number of carbonyl (C=O) groups is 1. The Bertz CT molecular complexity index is 969. The molecule has 0 unspecified atom stereocenters. The molecule has 0 aliphatic carbocycles. The molecule has 0 fully saturated rings. The van der Waals surface area contributed by atoms with Gasteiger partial charge in [-0.25, -0.2) is 9.37 Å². The zero-order valence-corrected chi connectivity index (χ0v) is 12.2. The van der Waals surface area contributed by atoms with Crippen molar-refractivity contribution in [3.8, 4) is 0 Å². The topological polar surface area (TPSA) is 46.4 Å². The molecular weight excluding hydrogens is 309 g/mol. The van der Waals surface area contributed by atoms with Gasteiger partial charge in [-0.15, -0.1) is 22.7 Å². The zero-order valence-electron chi connectivity index (χ0n) is 10.5. The van der Waals surface area contributed by atoms with Crippen LogP contribution in [0.2, 0.25) is 0 Å². The lowest BCUT2D eigenvalue weighted by Crippen LogP contribution is -2.10. The standard InChI is InChI=1S/C14H8FN3OS2/c15-8-2-1-3-9(6-8)16-12(19)11-7-10-13(21-11)17-14-18(10)4-5-20-14/h1-7H,(H,16,19). The molecule has 104 valence electrons. The summed E-state index contributed by atoms with van der Waals surface area (Å²) in [6.07, 6.45) is 1.93. The Hall–Kier alpha value is -2.25. The zero-order chi connectivity index (χ0) is 14.4. The molecule has 1 aromatic carbocycles. The Morgan fingerprint density at radius 2 is 2.24 bits per heavy atom. The molecule has 4 aromatic rings. The van der Waals surface area contributed by atoms with Crippen LogP contribution in [0.5, 0.6) is 0 Å². The highest BCUT2D eigenvalue weighted by molar-refractivity contribution is 7.21. The normalized spacial score (nSPS) is 11.3. The summed E-state index contributed by atoms with van der Waals surface area (Å²) >= 11 is 2.88. The number of benzene rings is 1. The fraction of sp³-hybridized carbons (Fsp3) is 0. The molecule has 3 aromatic heterocycles. The van der Waals surface area contributed by atoms with Gasteiger partial charge in [0, 0.05) is 17.3 Å². The number of imidazole rings is 1. The molecule has 0 aliphatic rings. The van der Waals surface area contributed by atoms with E-state index in [1.54, 1.807) is 29.5 Å². The minimum Gasteiger partial charge on any atom is -0.321 e. The van der Waals surface area contributed by atoms with E-state index >= 15 is 0 Å². The SMILES string of the molecule is O=C(Nc1cccc(F)c1)c1cc2c(nc3sccn32)s1. The minimum absolute atomic E-state index is 0.257. The average Bonchev–Trinajstić information content (AvgIpc) is 3.09. The lowest BCUT2D eigenvalue weighted by Gasteiger charge is -2.02. The van der Waals surface area contributed by atoms with Crippen molar-refractivity contribution in [3.05, 3.63) is 52.6 Å². The van der Waals surface area contributed by atoms with Crippen LogP contribution in [-0.4, -0.2) is 15.3 Å². The third-order valence-corrected chi connectivity index (χ3v) is 4.82. The Labute approximate surface area is 126 Å². The molecule has 4 nitrogen and oxygen atoms in total. The van der Waals surface area contributed by atoms with Crippen LogP contribution in [0.4, 0.5) is 10.1 Å². The first-order chi connectivity index (χ1) is 10.2. The quantitative estimate of drug-likeness (QED) is 0.607. The summed E-state index contributed by atoms with van der Waals surface area (Å²) in [6.45, 7) is 0. The molecule has 7 heteroatoms. The van der Waals surface area contributed by atoms with Crippen molar-refractivity contribution < 1.29 is 9.18 Å². The number of fused-ring (bicyclic) bond motifs is 3. The van der Waals surface area contributed by atoms with Crippen LogP contribution in [0.1, 0.15) is 9.67 Å². The summed E-state index contributed by atoms with van der Waals surface area (Å²) in [6, 6.07) is 7.64. The first-order valence-electron chi connectivity index (χ1n) is 6.13. The summed E-state index contributed by atoms with van der Waals surface area (Å²) in [5, 5.41) is 4.64. The first-order valence-corrected chi connectivity index (χ1v) is 7.82. The summed E-state index contributed by atoms with van der Waals surface area (Å²) < 4.78 is 15.1. The van der Waals surface area contributed by atoms with E-state index in [2.05, 4.69) is 10.3 Å². The molecule has 3 heterocycles. The van der Waals surface area contributed by atoms with Crippen LogP contribution in [0.15, 0.2) is 41.9 Å². The van der Waals surface area contributed by atoms with Crippen LogP contribution in [0.3, 0.4) is 0 Å². The molecule has 0 saturated heterocycles. The summed E-state index contributed by atoms with van der Waals surface area (Å²) in [4.78, 5) is 19.0. The van der Waals surface area contributed by atoms with Crippen LogP contribution in [0.25, 0.3) is 15.3 Å². The number of thiazole rings is 1. The molecule has 0 aliphatic heterocycles. The molecule has 1 N–H and O–H groups in total. The van der Waals surface area contributed by atoms with Crippen molar-refractivity contribution in [3.63, 3.8) is 0 Å². The number of aromatic nitrogens is 2. The van der Waals surface area contributed by atoms with Crippen LogP contribution in [0, 0.1) is 5.82 Å². The smallest absolute Gasteiger partial charge is 0.265 e. The fourth-order valence-electron chi connectivity index (χ4n) is 2.12. The number of nitrogens with zero attached hydrogens (tertiary/aromatic N) is 2. The van der Waals surface area contributed by atoms with E-state index in [4.69, 9.17) is 0 Å². The van der Waals surface area contributed by atoms with Crippen molar-refractivity contribution in [2.75, 3.05) is 5.32 Å². The number of hydrogen-bond donors (Lipinski definition) is 1. The monoisotopic (exact) mass is 317 g/mol.